The van der Waals surface area contributed by atoms with Crippen molar-refractivity contribution in [1.82, 2.24) is 0 Å². The molecule has 0 amide bonds. The van der Waals surface area contributed by atoms with Gasteiger partial charge < -0.3 is 9.84 Å². The molecule has 1 aromatic rings. The Labute approximate surface area is 138 Å². The van der Waals surface area contributed by atoms with E-state index in [1.165, 1.54) is 5.75 Å². The highest BCUT2D eigenvalue weighted by Crippen LogP contribution is 2.46. The summed E-state index contributed by atoms with van der Waals surface area (Å²) in [5.74, 6) is 2.61. The zero-order valence-electron chi connectivity index (χ0n) is 10.4. The average Bonchev–Trinajstić information content (AvgIpc) is 2.97. The lowest BCUT2D eigenvalue weighted by Crippen LogP contribution is -2.41. The predicted octanol–water partition coefficient (Wildman–Crippen LogP) is 4.61. The first-order valence-corrected chi connectivity index (χ1v) is 10.00. The Bertz CT molecular complexity index is 438. The molecule has 1 N–H and O–H groups in total. The molecule has 1 aromatic heterocycles. The van der Waals surface area contributed by atoms with Crippen molar-refractivity contribution in [2.75, 3.05) is 18.1 Å². The summed E-state index contributed by atoms with van der Waals surface area (Å²) in [6.07, 6.45) is 2.73. The van der Waals surface area contributed by atoms with Crippen LogP contribution in [-0.4, -0.2) is 28.8 Å². The van der Waals surface area contributed by atoms with E-state index in [-0.39, 0.29) is 11.7 Å². The highest BCUT2D eigenvalue weighted by atomic mass is 79.9. The second-order valence-electron chi connectivity index (χ2n) is 5.30. The fourth-order valence-corrected chi connectivity index (χ4v) is 6.49. The van der Waals surface area contributed by atoms with Crippen LogP contribution in [-0.2, 0) is 4.74 Å². The molecule has 2 fully saturated rings. The Kier molecular flexibility index (Phi) is 4.67. The molecule has 3 heterocycles. The molecule has 0 saturated carbocycles. The maximum atomic E-state index is 10.6. The highest BCUT2D eigenvalue weighted by Gasteiger charge is 2.42. The molecular weight excluding hydrogens is 412 g/mol. The van der Waals surface area contributed by atoms with Gasteiger partial charge in [0.1, 0.15) is 0 Å². The second-order valence-corrected chi connectivity index (χ2v) is 9.66. The molecule has 0 bridgehead atoms. The van der Waals surface area contributed by atoms with Crippen LogP contribution in [0.2, 0.25) is 0 Å². The van der Waals surface area contributed by atoms with Crippen LogP contribution >= 0.6 is 55.0 Å². The van der Waals surface area contributed by atoms with Crippen molar-refractivity contribution in [2.24, 2.45) is 5.92 Å². The van der Waals surface area contributed by atoms with Crippen LogP contribution in [0.3, 0.4) is 0 Å². The summed E-state index contributed by atoms with van der Waals surface area (Å²) >= 11 is 10.6. The van der Waals surface area contributed by atoms with Crippen molar-refractivity contribution >= 4 is 55.0 Å². The van der Waals surface area contributed by atoms with Gasteiger partial charge >= 0.3 is 0 Å². The molecule has 2 aliphatic rings. The Balaban J connectivity index is 1.74. The van der Waals surface area contributed by atoms with Gasteiger partial charge in [0.05, 0.1) is 15.5 Å². The summed E-state index contributed by atoms with van der Waals surface area (Å²) in [4.78, 5) is 1.05. The van der Waals surface area contributed by atoms with Gasteiger partial charge in [-0.2, -0.15) is 11.8 Å². The number of hydrogen-bond acceptors (Lipinski definition) is 4. The zero-order chi connectivity index (χ0) is 13.5. The smallest absolute Gasteiger partial charge is 0.0912 e. The molecule has 2 saturated heterocycles. The highest BCUT2D eigenvalue weighted by molar-refractivity contribution is 9.13. The Hall–Kier alpha value is 0.930. The molecule has 3 rings (SSSR count). The zero-order valence-corrected chi connectivity index (χ0v) is 15.2. The molecule has 2 aliphatic heterocycles. The van der Waals surface area contributed by atoms with E-state index in [4.69, 9.17) is 4.74 Å². The Morgan fingerprint density at radius 1 is 1.47 bits per heavy atom. The van der Waals surface area contributed by atoms with Crippen LogP contribution < -0.4 is 0 Å². The largest absolute Gasteiger partial charge is 0.387 e. The number of ether oxygens (including phenoxy) is 1. The quantitative estimate of drug-likeness (QED) is 0.747. The summed E-state index contributed by atoms with van der Waals surface area (Å²) < 4.78 is 8.11. The third-order valence-electron chi connectivity index (χ3n) is 4.00. The van der Waals surface area contributed by atoms with Crippen LogP contribution in [0.15, 0.2) is 14.3 Å². The monoisotopic (exact) mass is 426 g/mol. The van der Waals surface area contributed by atoms with Gasteiger partial charge in [0.25, 0.3) is 0 Å². The summed E-state index contributed by atoms with van der Waals surface area (Å²) in [6.45, 7) is 0.788. The predicted molar refractivity (Wildman–Crippen MR) is 88.0 cm³/mol. The maximum absolute atomic E-state index is 10.6. The number of thioether (sulfide) groups is 1. The van der Waals surface area contributed by atoms with Gasteiger partial charge in [-0.15, -0.1) is 11.3 Å². The van der Waals surface area contributed by atoms with E-state index >= 15 is 0 Å². The number of aliphatic hydroxyl groups is 1. The number of aliphatic hydroxyl groups excluding tert-OH is 1. The minimum Gasteiger partial charge on any atom is -0.387 e. The van der Waals surface area contributed by atoms with Gasteiger partial charge in [0.15, 0.2) is 0 Å². The number of rotatable bonds is 2. The standard InChI is InChI=1S/C13H16Br2O2S2/c14-9-5-10(19-12(9)15)11(16)8-1-3-17-13(6-8)2-4-18-7-13/h5,8,11,16H,1-4,6-7H2. The minimum absolute atomic E-state index is 0.0420. The molecule has 0 radical (unpaired) electrons. The SMILES string of the molecule is OC(c1cc(Br)c(Br)s1)C1CCOC2(CCSC2)C1. The minimum atomic E-state index is -0.362. The first-order valence-electron chi connectivity index (χ1n) is 6.44. The van der Waals surface area contributed by atoms with Crippen molar-refractivity contribution in [3.8, 4) is 0 Å². The van der Waals surface area contributed by atoms with Gasteiger partial charge in [-0.3, -0.25) is 0 Å². The summed E-state index contributed by atoms with van der Waals surface area (Å²) in [6, 6.07) is 2.03. The molecule has 2 nitrogen and oxygen atoms in total. The number of hydrogen-bond donors (Lipinski definition) is 1. The topological polar surface area (TPSA) is 29.5 Å². The van der Waals surface area contributed by atoms with E-state index in [1.54, 1.807) is 11.3 Å². The molecule has 3 unspecified atom stereocenters. The van der Waals surface area contributed by atoms with Crippen molar-refractivity contribution in [1.29, 1.82) is 0 Å². The van der Waals surface area contributed by atoms with Crippen LogP contribution in [0.25, 0.3) is 0 Å². The van der Waals surface area contributed by atoms with Crippen LogP contribution in [0.4, 0.5) is 0 Å². The molecule has 19 heavy (non-hydrogen) atoms. The number of halogens is 2. The van der Waals surface area contributed by atoms with E-state index in [0.717, 1.165) is 44.8 Å². The lowest BCUT2D eigenvalue weighted by atomic mass is 9.82. The van der Waals surface area contributed by atoms with Crippen molar-refractivity contribution < 1.29 is 9.84 Å². The molecule has 0 aliphatic carbocycles. The first-order chi connectivity index (χ1) is 9.10. The van der Waals surface area contributed by atoms with Crippen molar-refractivity contribution in [3.63, 3.8) is 0 Å². The maximum Gasteiger partial charge on any atom is 0.0912 e. The van der Waals surface area contributed by atoms with Gasteiger partial charge in [-0.25, -0.2) is 0 Å². The fraction of sp³-hybridized carbons (Fsp3) is 0.692. The third-order valence-corrected chi connectivity index (χ3v) is 8.55. The van der Waals surface area contributed by atoms with E-state index in [9.17, 15) is 5.11 Å². The number of thiophene rings is 1. The van der Waals surface area contributed by atoms with Crippen LogP contribution in [0.5, 0.6) is 0 Å². The van der Waals surface area contributed by atoms with Crippen LogP contribution in [0.1, 0.15) is 30.2 Å². The second kappa shape index (κ2) is 5.97. The Morgan fingerprint density at radius 2 is 2.32 bits per heavy atom. The average molecular weight is 428 g/mol. The van der Waals surface area contributed by atoms with Gasteiger partial charge in [-0.1, -0.05) is 0 Å². The molecular formula is C13H16Br2O2S2. The van der Waals surface area contributed by atoms with E-state index in [2.05, 4.69) is 31.9 Å². The lowest BCUT2D eigenvalue weighted by molar-refractivity contribution is -0.101. The van der Waals surface area contributed by atoms with Gasteiger partial charge in [-0.05, 0) is 68.9 Å². The lowest BCUT2D eigenvalue weighted by Gasteiger charge is -2.39. The van der Waals surface area contributed by atoms with Gasteiger partial charge in [0, 0.05) is 21.7 Å². The molecule has 1 spiro atoms. The van der Waals surface area contributed by atoms with E-state index in [1.807, 2.05) is 17.8 Å². The third kappa shape index (κ3) is 3.09. The Morgan fingerprint density at radius 3 is 2.95 bits per heavy atom. The summed E-state index contributed by atoms with van der Waals surface area (Å²) in [7, 11) is 0. The fourth-order valence-electron chi connectivity index (χ4n) is 2.94. The van der Waals surface area contributed by atoms with E-state index in [0.29, 0.717) is 5.92 Å². The summed E-state index contributed by atoms with van der Waals surface area (Å²) in [5, 5.41) is 10.6. The van der Waals surface area contributed by atoms with E-state index < -0.39 is 0 Å². The van der Waals surface area contributed by atoms with Crippen molar-refractivity contribution in [2.45, 2.75) is 31.0 Å². The normalized spacial score (nSPS) is 32.9. The summed E-state index contributed by atoms with van der Waals surface area (Å²) in [5.41, 5.74) is 0.0420. The van der Waals surface area contributed by atoms with Gasteiger partial charge in [0.2, 0.25) is 0 Å². The molecule has 106 valence electrons. The van der Waals surface area contributed by atoms with Crippen LogP contribution in [0, 0.1) is 5.92 Å². The molecule has 3 atom stereocenters. The molecule has 6 heteroatoms. The van der Waals surface area contributed by atoms with Crippen molar-refractivity contribution in [3.05, 3.63) is 19.2 Å². The first kappa shape index (κ1) is 14.9. The molecule has 0 aromatic carbocycles.